The molecule has 4 nitrogen and oxygen atoms in total. The Kier molecular flexibility index (Phi) is 6.64. The Morgan fingerprint density at radius 1 is 1.07 bits per heavy atom. The van der Waals surface area contributed by atoms with Gasteiger partial charge in [-0.2, -0.15) is 0 Å². The fourth-order valence-corrected chi connectivity index (χ4v) is 3.52. The Balaban J connectivity index is 1.99. The third-order valence-electron chi connectivity index (χ3n) is 4.92. The molecule has 1 N–H and O–H groups in total. The molecule has 1 aliphatic rings. The van der Waals surface area contributed by atoms with Crippen molar-refractivity contribution < 1.29 is 4.79 Å². The van der Waals surface area contributed by atoms with Crippen LogP contribution in [0.1, 0.15) is 50.7 Å². The first-order chi connectivity index (χ1) is 13.3. The Hall–Kier alpha value is -2.62. The topological polar surface area (TPSA) is 44.7 Å². The SMILES string of the molecule is CCCCNC(=O)C(CCC)N1C(c2ccccc2)=NCc2ccccc21. The number of para-hydroxylation sites is 1. The van der Waals surface area contributed by atoms with Crippen molar-refractivity contribution in [2.45, 2.75) is 52.1 Å². The number of benzene rings is 2. The first-order valence-corrected chi connectivity index (χ1v) is 10.0. The Bertz CT molecular complexity index is 785. The summed E-state index contributed by atoms with van der Waals surface area (Å²) < 4.78 is 0. The van der Waals surface area contributed by atoms with Gasteiger partial charge in [0.05, 0.1) is 6.54 Å². The summed E-state index contributed by atoms with van der Waals surface area (Å²) in [5, 5.41) is 3.13. The van der Waals surface area contributed by atoms with Crippen molar-refractivity contribution >= 4 is 17.4 Å². The van der Waals surface area contributed by atoms with E-state index in [1.54, 1.807) is 0 Å². The predicted molar refractivity (Wildman–Crippen MR) is 112 cm³/mol. The minimum absolute atomic E-state index is 0.0886. The number of carbonyl (C=O) groups is 1. The van der Waals surface area contributed by atoms with Crippen LogP contribution in [0.4, 0.5) is 5.69 Å². The van der Waals surface area contributed by atoms with Gasteiger partial charge in [-0.1, -0.05) is 75.2 Å². The van der Waals surface area contributed by atoms with Gasteiger partial charge in [-0.25, -0.2) is 0 Å². The third kappa shape index (κ3) is 4.38. The number of fused-ring (bicyclic) bond motifs is 1. The summed E-state index contributed by atoms with van der Waals surface area (Å²) in [6.45, 7) is 5.63. The first-order valence-electron chi connectivity index (χ1n) is 10.0. The van der Waals surface area contributed by atoms with E-state index in [1.165, 1.54) is 5.56 Å². The monoisotopic (exact) mass is 363 g/mol. The number of amides is 1. The van der Waals surface area contributed by atoms with Gasteiger partial charge in [-0.3, -0.25) is 9.79 Å². The summed E-state index contributed by atoms with van der Waals surface area (Å²) in [6.07, 6.45) is 3.80. The van der Waals surface area contributed by atoms with Crippen molar-refractivity contribution in [3.8, 4) is 0 Å². The third-order valence-corrected chi connectivity index (χ3v) is 4.92. The standard InChI is InChI=1S/C23H29N3O/c1-3-5-16-24-23(27)21(11-4-2)26-20-15-10-9-14-19(20)17-25-22(26)18-12-7-6-8-13-18/h6-10,12-15,21H,3-5,11,16-17H2,1-2H3,(H,24,27). The van der Waals surface area contributed by atoms with Crippen LogP contribution in [-0.4, -0.2) is 24.3 Å². The molecule has 2 aromatic carbocycles. The summed E-state index contributed by atoms with van der Waals surface area (Å²) in [5.74, 6) is 0.976. The van der Waals surface area contributed by atoms with E-state index in [2.05, 4.69) is 48.3 Å². The summed E-state index contributed by atoms with van der Waals surface area (Å²) in [5.41, 5.74) is 3.31. The van der Waals surface area contributed by atoms with Crippen molar-refractivity contribution in [3.05, 3.63) is 65.7 Å². The van der Waals surface area contributed by atoms with E-state index in [1.807, 2.05) is 30.3 Å². The van der Waals surface area contributed by atoms with E-state index in [-0.39, 0.29) is 11.9 Å². The number of rotatable bonds is 8. The molecule has 142 valence electrons. The van der Waals surface area contributed by atoms with Gasteiger partial charge in [0, 0.05) is 17.8 Å². The van der Waals surface area contributed by atoms with Crippen LogP contribution >= 0.6 is 0 Å². The minimum atomic E-state index is -0.257. The molecule has 1 unspecified atom stereocenters. The van der Waals surface area contributed by atoms with Crippen LogP contribution in [-0.2, 0) is 11.3 Å². The molecule has 0 radical (unpaired) electrons. The molecule has 1 aliphatic heterocycles. The smallest absolute Gasteiger partial charge is 0.243 e. The number of amidine groups is 1. The maximum absolute atomic E-state index is 13.1. The lowest BCUT2D eigenvalue weighted by atomic mass is 10.0. The lowest BCUT2D eigenvalue weighted by molar-refractivity contribution is -0.122. The van der Waals surface area contributed by atoms with Gasteiger partial charge in [-0.05, 0) is 24.5 Å². The molecule has 0 spiro atoms. The van der Waals surface area contributed by atoms with Crippen LogP contribution in [0, 0.1) is 0 Å². The van der Waals surface area contributed by atoms with Crippen molar-refractivity contribution in [1.82, 2.24) is 5.32 Å². The largest absolute Gasteiger partial charge is 0.354 e. The number of anilines is 1. The van der Waals surface area contributed by atoms with Gasteiger partial charge < -0.3 is 10.2 Å². The molecule has 0 fully saturated rings. The van der Waals surface area contributed by atoms with E-state index in [0.29, 0.717) is 6.54 Å². The quantitative estimate of drug-likeness (QED) is 0.700. The van der Waals surface area contributed by atoms with Gasteiger partial charge in [0.25, 0.3) is 0 Å². The Labute approximate surface area is 162 Å². The number of hydrogen-bond acceptors (Lipinski definition) is 3. The molecule has 4 heteroatoms. The first kappa shape index (κ1) is 19.2. The zero-order valence-corrected chi connectivity index (χ0v) is 16.3. The van der Waals surface area contributed by atoms with Gasteiger partial charge in [-0.15, -0.1) is 0 Å². The highest BCUT2D eigenvalue weighted by Gasteiger charge is 2.32. The number of hydrogen-bond donors (Lipinski definition) is 1. The van der Waals surface area contributed by atoms with Gasteiger partial charge in [0.15, 0.2) is 0 Å². The fraction of sp³-hybridized carbons (Fsp3) is 0.391. The average Bonchev–Trinajstić information content (AvgIpc) is 2.72. The average molecular weight is 364 g/mol. The number of aliphatic imine (C=N–C) groups is 1. The molecule has 0 saturated carbocycles. The zero-order valence-electron chi connectivity index (χ0n) is 16.3. The lowest BCUT2D eigenvalue weighted by Gasteiger charge is -2.37. The molecule has 0 saturated heterocycles. The highest BCUT2D eigenvalue weighted by Crippen LogP contribution is 2.31. The van der Waals surface area contributed by atoms with Crippen molar-refractivity contribution in [2.75, 3.05) is 11.4 Å². The van der Waals surface area contributed by atoms with E-state index < -0.39 is 0 Å². The lowest BCUT2D eigenvalue weighted by Crippen LogP contribution is -2.51. The molecule has 0 bridgehead atoms. The van der Waals surface area contributed by atoms with Crippen LogP contribution in [0.15, 0.2) is 59.6 Å². The second-order valence-electron chi connectivity index (χ2n) is 6.95. The number of nitrogens with zero attached hydrogens (tertiary/aromatic N) is 2. The van der Waals surface area contributed by atoms with Crippen molar-refractivity contribution in [1.29, 1.82) is 0 Å². The summed E-state index contributed by atoms with van der Waals surface area (Å²) in [7, 11) is 0. The van der Waals surface area contributed by atoms with E-state index in [0.717, 1.165) is 49.3 Å². The minimum Gasteiger partial charge on any atom is -0.354 e. The molecule has 2 aromatic rings. The molecular formula is C23H29N3O. The van der Waals surface area contributed by atoms with Crippen LogP contribution in [0.2, 0.25) is 0 Å². The number of carbonyl (C=O) groups excluding carboxylic acids is 1. The van der Waals surface area contributed by atoms with Gasteiger partial charge in [0.2, 0.25) is 5.91 Å². The molecule has 1 atom stereocenters. The Morgan fingerprint density at radius 3 is 2.56 bits per heavy atom. The van der Waals surface area contributed by atoms with E-state index >= 15 is 0 Å². The second kappa shape index (κ2) is 9.36. The van der Waals surface area contributed by atoms with Crippen molar-refractivity contribution in [3.63, 3.8) is 0 Å². The molecule has 27 heavy (non-hydrogen) atoms. The molecule has 1 amide bonds. The van der Waals surface area contributed by atoms with Gasteiger partial charge >= 0.3 is 0 Å². The van der Waals surface area contributed by atoms with Crippen molar-refractivity contribution in [2.24, 2.45) is 4.99 Å². The summed E-state index contributed by atoms with van der Waals surface area (Å²) in [6, 6.07) is 18.2. The maximum atomic E-state index is 13.1. The Morgan fingerprint density at radius 2 is 1.81 bits per heavy atom. The van der Waals surface area contributed by atoms with Crippen LogP contribution in [0.5, 0.6) is 0 Å². The van der Waals surface area contributed by atoms with Gasteiger partial charge in [0.1, 0.15) is 11.9 Å². The summed E-state index contributed by atoms with van der Waals surface area (Å²) >= 11 is 0. The molecule has 0 aromatic heterocycles. The molecular weight excluding hydrogens is 334 g/mol. The molecule has 1 heterocycles. The fourth-order valence-electron chi connectivity index (χ4n) is 3.52. The zero-order chi connectivity index (χ0) is 19.1. The second-order valence-corrected chi connectivity index (χ2v) is 6.95. The highest BCUT2D eigenvalue weighted by molar-refractivity contribution is 6.14. The number of unbranched alkanes of at least 4 members (excludes halogenated alkanes) is 1. The molecule has 3 rings (SSSR count). The van der Waals surface area contributed by atoms with E-state index in [4.69, 9.17) is 4.99 Å². The molecule has 0 aliphatic carbocycles. The van der Waals surface area contributed by atoms with E-state index in [9.17, 15) is 4.79 Å². The summed E-state index contributed by atoms with van der Waals surface area (Å²) in [4.78, 5) is 20.1. The normalized spacial score (nSPS) is 14.3. The van der Waals surface area contributed by atoms with Crippen LogP contribution in [0.3, 0.4) is 0 Å². The maximum Gasteiger partial charge on any atom is 0.243 e. The predicted octanol–water partition coefficient (Wildman–Crippen LogP) is 4.54. The van der Waals surface area contributed by atoms with Crippen LogP contribution < -0.4 is 10.2 Å². The number of nitrogens with one attached hydrogen (secondary N) is 1. The van der Waals surface area contributed by atoms with Crippen LogP contribution in [0.25, 0.3) is 0 Å². The highest BCUT2D eigenvalue weighted by atomic mass is 16.2.